The summed E-state index contributed by atoms with van der Waals surface area (Å²) >= 11 is 0. The molecule has 0 aliphatic carbocycles. The number of aromatic amines is 1. The lowest BCUT2D eigenvalue weighted by atomic mass is 9.63. The van der Waals surface area contributed by atoms with Crippen molar-refractivity contribution < 1.29 is 9.47 Å². The SMILES string of the molecule is Cc1cc2c([nH]c3ccccc32)c2c1OC(C)(C)[C@@H]1[C@@H]3CC(C)(C)Oc4c(C)cc5c6ccccc6n(c5c43)[C@H]21. The fourth-order valence-electron chi connectivity index (χ4n) is 8.77. The highest BCUT2D eigenvalue weighted by Crippen LogP contribution is 2.63. The third-order valence-electron chi connectivity index (χ3n) is 10.1. The summed E-state index contributed by atoms with van der Waals surface area (Å²) < 4.78 is 16.6. The number of ether oxygens (including phenoxy) is 2. The van der Waals surface area contributed by atoms with E-state index < -0.39 is 0 Å². The zero-order valence-electron chi connectivity index (χ0n) is 24.0. The molecule has 3 aliphatic rings. The summed E-state index contributed by atoms with van der Waals surface area (Å²) in [5, 5.41) is 5.21. The van der Waals surface area contributed by atoms with Gasteiger partial charge in [-0.25, -0.2) is 0 Å². The first kappa shape index (κ1) is 22.9. The maximum atomic E-state index is 7.14. The molecule has 0 fully saturated rings. The molecule has 4 nitrogen and oxygen atoms in total. The van der Waals surface area contributed by atoms with Crippen molar-refractivity contribution in [2.24, 2.45) is 5.92 Å². The van der Waals surface area contributed by atoms with Gasteiger partial charge in [-0.15, -0.1) is 0 Å². The lowest BCUT2D eigenvalue weighted by Gasteiger charge is -2.54. The van der Waals surface area contributed by atoms with E-state index in [1.165, 1.54) is 65.9 Å². The summed E-state index contributed by atoms with van der Waals surface area (Å²) in [6.45, 7) is 13.6. The summed E-state index contributed by atoms with van der Waals surface area (Å²) in [6, 6.07) is 22.5. The van der Waals surface area contributed by atoms with Crippen molar-refractivity contribution in [1.82, 2.24) is 9.55 Å². The summed E-state index contributed by atoms with van der Waals surface area (Å²) in [5.41, 5.74) is 9.50. The summed E-state index contributed by atoms with van der Waals surface area (Å²) in [6.07, 6.45) is 0.963. The molecule has 9 rings (SSSR count). The number of aromatic nitrogens is 2. The van der Waals surface area contributed by atoms with E-state index in [0.29, 0.717) is 5.92 Å². The van der Waals surface area contributed by atoms with E-state index in [0.717, 1.165) is 17.9 Å². The van der Waals surface area contributed by atoms with Crippen LogP contribution in [0.4, 0.5) is 0 Å². The number of hydrogen-bond acceptors (Lipinski definition) is 2. The minimum absolute atomic E-state index is 0.124. The van der Waals surface area contributed by atoms with Gasteiger partial charge in [-0.2, -0.15) is 0 Å². The zero-order chi connectivity index (χ0) is 27.3. The number of benzene rings is 4. The fourth-order valence-corrected chi connectivity index (χ4v) is 8.77. The van der Waals surface area contributed by atoms with Crippen molar-refractivity contribution in [2.45, 2.75) is 71.1 Å². The van der Waals surface area contributed by atoms with Crippen LogP contribution in [0.1, 0.15) is 68.3 Å². The minimum atomic E-state index is -0.378. The highest BCUT2D eigenvalue weighted by atomic mass is 16.5. The predicted octanol–water partition coefficient (Wildman–Crippen LogP) is 9.08. The van der Waals surface area contributed by atoms with Crippen LogP contribution in [0.2, 0.25) is 0 Å². The molecule has 2 aromatic heterocycles. The number of hydrogen-bond donors (Lipinski definition) is 1. The van der Waals surface area contributed by atoms with Gasteiger partial charge >= 0.3 is 0 Å². The van der Waals surface area contributed by atoms with E-state index in [-0.39, 0.29) is 23.2 Å². The lowest BCUT2D eigenvalue weighted by Crippen LogP contribution is -2.53. The average molecular weight is 527 g/mol. The number of para-hydroxylation sites is 2. The Balaban J connectivity index is 1.51. The van der Waals surface area contributed by atoms with Gasteiger partial charge in [0.25, 0.3) is 0 Å². The van der Waals surface area contributed by atoms with Gasteiger partial charge in [-0.05, 0) is 83.4 Å². The molecule has 0 unspecified atom stereocenters. The van der Waals surface area contributed by atoms with Crippen molar-refractivity contribution >= 4 is 43.6 Å². The molecule has 0 radical (unpaired) electrons. The fraction of sp³-hybridized carbons (Fsp3) is 0.333. The maximum Gasteiger partial charge on any atom is 0.130 e. The van der Waals surface area contributed by atoms with Gasteiger partial charge in [0.15, 0.2) is 0 Å². The minimum Gasteiger partial charge on any atom is -0.487 e. The Morgan fingerprint density at radius 2 is 1.45 bits per heavy atom. The molecule has 1 N–H and O–H groups in total. The van der Waals surface area contributed by atoms with Crippen molar-refractivity contribution in [1.29, 1.82) is 0 Å². The van der Waals surface area contributed by atoms with E-state index in [1.807, 2.05) is 0 Å². The standard InChI is InChI=1S/C36H34N2O2/c1-18-15-22-20-11-7-9-13-25(20)37-30(22)28-32-29(36(5,6)40-34(18)28)24-17-35(3,4)39-33-19(2)16-23-21-12-8-10-14-26(21)38(32)31(23)27(24)33/h7-16,24,29,32,37H,17H2,1-6H3/t24-,29-,32-/m1/s1. The van der Waals surface area contributed by atoms with Crippen LogP contribution < -0.4 is 9.47 Å². The van der Waals surface area contributed by atoms with Gasteiger partial charge < -0.3 is 19.0 Å². The van der Waals surface area contributed by atoms with Crippen LogP contribution in [0.3, 0.4) is 0 Å². The third kappa shape index (κ3) is 2.63. The third-order valence-corrected chi connectivity index (χ3v) is 10.1. The normalized spacial score (nSPS) is 23.7. The van der Waals surface area contributed by atoms with Gasteiger partial charge in [0.1, 0.15) is 22.7 Å². The average Bonchev–Trinajstić information content (AvgIpc) is 3.43. The van der Waals surface area contributed by atoms with Crippen LogP contribution in [0, 0.1) is 19.8 Å². The number of aryl methyl sites for hydroxylation is 2. The largest absolute Gasteiger partial charge is 0.487 e. The zero-order valence-corrected chi connectivity index (χ0v) is 24.0. The Morgan fingerprint density at radius 1 is 0.775 bits per heavy atom. The van der Waals surface area contributed by atoms with Crippen molar-refractivity contribution in [3.8, 4) is 11.5 Å². The molecule has 0 amide bonds. The first-order valence-corrected chi connectivity index (χ1v) is 14.6. The number of rotatable bonds is 0. The van der Waals surface area contributed by atoms with Crippen LogP contribution >= 0.6 is 0 Å². The van der Waals surface area contributed by atoms with Crippen molar-refractivity contribution in [3.63, 3.8) is 0 Å². The molecule has 3 atom stereocenters. The van der Waals surface area contributed by atoms with Crippen LogP contribution in [-0.2, 0) is 0 Å². The molecule has 0 bridgehead atoms. The predicted molar refractivity (Wildman–Crippen MR) is 163 cm³/mol. The molecular weight excluding hydrogens is 492 g/mol. The molecule has 200 valence electrons. The molecular formula is C36H34N2O2. The van der Waals surface area contributed by atoms with E-state index >= 15 is 0 Å². The van der Waals surface area contributed by atoms with Crippen molar-refractivity contribution in [2.75, 3.05) is 0 Å². The molecule has 5 heterocycles. The monoisotopic (exact) mass is 526 g/mol. The van der Waals surface area contributed by atoms with Gasteiger partial charge in [-0.3, -0.25) is 0 Å². The quantitative estimate of drug-likeness (QED) is 0.214. The van der Waals surface area contributed by atoms with Gasteiger partial charge in [0.2, 0.25) is 0 Å². The molecule has 4 heteroatoms. The summed E-state index contributed by atoms with van der Waals surface area (Å²) in [5.74, 6) is 2.66. The molecule has 6 aromatic rings. The van der Waals surface area contributed by atoms with Crippen LogP contribution in [0.15, 0.2) is 60.7 Å². The van der Waals surface area contributed by atoms with Crippen LogP contribution in [0.25, 0.3) is 43.6 Å². The highest BCUT2D eigenvalue weighted by molar-refractivity contribution is 6.12. The lowest BCUT2D eigenvalue weighted by molar-refractivity contribution is -0.0353. The van der Waals surface area contributed by atoms with E-state index in [4.69, 9.17) is 9.47 Å². The smallest absolute Gasteiger partial charge is 0.130 e. The number of H-pyrrole nitrogens is 1. The first-order chi connectivity index (χ1) is 19.1. The number of nitrogens with zero attached hydrogens (tertiary/aromatic N) is 1. The second-order valence-electron chi connectivity index (χ2n) is 13.6. The molecule has 3 aliphatic heterocycles. The molecule has 4 aromatic carbocycles. The molecule has 0 saturated heterocycles. The van der Waals surface area contributed by atoms with Gasteiger partial charge in [-0.1, -0.05) is 36.4 Å². The van der Waals surface area contributed by atoms with Crippen LogP contribution in [0.5, 0.6) is 11.5 Å². The molecule has 40 heavy (non-hydrogen) atoms. The highest BCUT2D eigenvalue weighted by Gasteiger charge is 2.56. The Bertz CT molecular complexity index is 2090. The Morgan fingerprint density at radius 3 is 2.25 bits per heavy atom. The Kier molecular flexibility index (Phi) is 4.02. The van der Waals surface area contributed by atoms with E-state index in [9.17, 15) is 0 Å². The van der Waals surface area contributed by atoms with Gasteiger partial charge in [0.05, 0.1) is 17.1 Å². The number of nitrogens with one attached hydrogen (secondary N) is 1. The van der Waals surface area contributed by atoms with Gasteiger partial charge in [0, 0.05) is 55.5 Å². The summed E-state index contributed by atoms with van der Waals surface area (Å²) in [7, 11) is 0. The van der Waals surface area contributed by atoms with Crippen molar-refractivity contribution in [3.05, 3.63) is 82.9 Å². The first-order valence-electron chi connectivity index (χ1n) is 14.6. The van der Waals surface area contributed by atoms with Crippen LogP contribution in [-0.4, -0.2) is 20.8 Å². The number of fused-ring (bicyclic) bond motifs is 12. The Labute approximate surface area is 233 Å². The van der Waals surface area contributed by atoms with E-state index in [1.54, 1.807) is 0 Å². The summed E-state index contributed by atoms with van der Waals surface area (Å²) in [4.78, 5) is 3.86. The molecule has 0 spiro atoms. The second-order valence-corrected chi connectivity index (χ2v) is 13.6. The Hall–Kier alpha value is -3.92. The molecule has 0 saturated carbocycles. The van der Waals surface area contributed by atoms with E-state index in [2.05, 4.69) is 112 Å². The maximum absolute atomic E-state index is 7.14. The second kappa shape index (κ2) is 7.04. The topological polar surface area (TPSA) is 39.2 Å².